The molecular formula is C16H17FN4O. The quantitative estimate of drug-likeness (QED) is 0.911. The summed E-state index contributed by atoms with van der Waals surface area (Å²) in [7, 11) is 0. The summed E-state index contributed by atoms with van der Waals surface area (Å²) in [5.41, 5.74) is 0.870. The molecule has 1 aromatic carbocycles. The average Bonchev–Trinajstić information content (AvgIpc) is 3.01. The second-order valence-electron chi connectivity index (χ2n) is 5.39. The molecule has 1 aliphatic rings. The topological polar surface area (TPSA) is 66.9 Å². The molecule has 2 aromatic rings. The van der Waals surface area contributed by atoms with Crippen LogP contribution in [0.4, 0.5) is 15.9 Å². The zero-order chi connectivity index (χ0) is 15.4. The van der Waals surface area contributed by atoms with Crippen LogP contribution >= 0.6 is 0 Å². The molecule has 1 amide bonds. The molecule has 1 saturated carbocycles. The fourth-order valence-electron chi connectivity index (χ4n) is 2.56. The number of hydrogen-bond donors (Lipinski definition) is 2. The van der Waals surface area contributed by atoms with Gasteiger partial charge in [0.1, 0.15) is 5.82 Å². The number of rotatable bonds is 4. The third-order valence-corrected chi connectivity index (χ3v) is 3.68. The van der Waals surface area contributed by atoms with Gasteiger partial charge in [0, 0.05) is 11.7 Å². The van der Waals surface area contributed by atoms with Crippen molar-refractivity contribution >= 4 is 17.4 Å². The van der Waals surface area contributed by atoms with Crippen LogP contribution in [0.2, 0.25) is 0 Å². The zero-order valence-electron chi connectivity index (χ0n) is 12.1. The van der Waals surface area contributed by atoms with Gasteiger partial charge in [-0.2, -0.15) is 0 Å². The Labute approximate surface area is 128 Å². The Bertz CT molecular complexity index is 653. The standard InChI is InChI=1S/C16H17FN4O/c17-11-4-3-7-13(10-11)18-15-9-8-14(20-21-15)16(22)19-12-5-1-2-6-12/h3-4,7-10,12H,1-2,5-6H2,(H,18,21)(H,19,22). The first-order chi connectivity index (χ1) is 10.7. The number of aromatic nitrogens is 2. The zero-order valence-corrected chi connectivity index (χ0v) is 12.1. The number of halogens is 1. The first kappa shape index (κ1) is 14.4. The summed E-state index contributed by atoms with van der Waals surface area (Å²) in [6.45, 7) is 0. The fourth-order valence-corrected chi connectivity index (χ4v) is 2.56. The summed E-state index contributed by atoms with van der Waals surface area (Å²) < 4.78 is 13.1. The molecule has 0 saturated heterocycles. The highest BCUT2D eigenvalue weighted by molar-refractivity contribution is 5.92. The number of hydrogen-bond acceptors (Lipinski definition) is 4. The number of benzene rings is 1. The Hall–Kier alpha value is -2.50. The molecule has 0 atom stereocenters. The van der Waals surface area contributed by atoms with E-state index in [1.807, 2.05) is 0 Å². The van der Waals surface area contributed by atoms with Crippen LogP contribution in [0.25, 0.3) is 0 Å². The van der Waals surface area contributed by atoms with Crippen LogP contribution in [0.5, 0.6) is 0 Å². The Morgan fingerprint density at radius 1 is 1.14 bits per heavy atom. The van der Waals surface area contributed by atoms with Gasteiger partial charge in [0.05, 0.1) is 0 Å². The Kier molecular flexibility index (Phi) is 4.27. The number of carbonyl (C=O) groups excluding carboxylic acids is 1. The predicted octanol–water partition coefficient (Wildman–Crippen LogP) is 3.03. The van der Waals surface area contributed by atoms with Crippen molar-refractivity contribution in [1.29, 1.82) is 0 Å². The van der Waals surface area contributed by atoms with Crippen molar-refractivity contribution in [3.8, 4) is 0 Å². The number of amides is 1. The molecular weight excluding hydrogens is 283 g/mol. The minimum absolute atomic E-state index is 0.197. The highest BCUT2D eigenvalue weighted by atomic mass is 19.1. The summed E-state index contributed by atoms with van der Waals surface area (Å²) in [5.74, 6) is -0.0646. The van der Waals surface area contributed by atoms with Crippen molar-refractivity contribution < 1.29 is 9.18 Å². The molecule has 1 fully saturated rings. The van der Waals surface area contributed by atoms with Gasteiger partial charge in [-0.3, -0.25) is 4.79 Å². The van der Waals surface area contributed by atoms with Crippen molar-refractivity contribution in [3.63, 3.8) is 0 Å². The highest BCUT2D eigenvalue weighted by Crippen LogP contribution is 2.18. The van der Waals surface area contributed by atoms with E-state index < -0.39 is 0 Å². The molecule has 22 heavy (non-hydrogen) atoms. The fraction of sp³-hybridized carbons (Fsp3) is 0.312. The van der Waals surface area contributed by atoms with Crippen molar-refractivity contribution in [1.82, 2.24) is 15.5 Å². The van der Waals surface area contributed by atoms with E-state index in [2.05, 4.69) is 20.8 Å². The minimum atomic E-state index is -0.328. The maximum Gasteiger partial charge on any atom is 0.272 e. The van der Waals surface area contributed by atoms with Crippen molar-refractivity contribution in [2.75, 3.05) is 5.32 Å². The van der Waals surface area contributed by atoms with E-state index in [0.29, 0.717) is 11.5 Å². The number of anilines is 2. The van der Waals surface area contributed by atoms with E-state index in [9.17, 15) is 9.18 Å². The smallest absolute Gasteiger partial charge is 0.272 e. The minimum Gasteiger partial charge on any atom is -0.348 e. The van der Waals surface area contributed by atoms with Crippen LogP contribution in [-0.2, 0) is 0 Å². The molecule has 1 aliphatic carbocycles. The molecule has 3 rings (SSSR count). The number of nitrogens with one attached hydrogen (secondary N) is 2. The lowest BCUT2D eigenvalue weighted by Gasteiger charge is -2.11. The summed E-state index contributed by atoms with van der Waals surface area (Å²) in [6, 6.07) is 9.58. The highest BCUT2D eigenvalue weighted by Gasteiger charge is 2.18. The second kappa shape index (κ2) is 6.51. The van der Waals surface area contributed by atoms with Gasteiger partial charge < -0.3 is 10.6 Å². The summed E-state index contributed by atoms with van der Waals surface area (Å²) >= 11 is 0. The number of nitrogens with zero attached hydrogens (tertiary/aromatic N) is 2. The van der Waals surface area contributed by atoms with E-state index in [4.69, 9.17) is 0 Å². The molecule has 6 heteroatoms. The molecule has 2 N–H and O–H groups in total. The third kappa shape index (κ3) is 3.58. The molecule has 0 spiro atoms. The van der Waals surface area contributed by atoms with Crippen molar-refractivity contribution in [2.45, 2.75) is 31.7 Å². The molecule has 0 bridgehead atoms. The summed E-state index contributed by atoms with van der Waals surface area (Å²) in [5, 5.41) is 13.8. The van der Waals surface area contributed by atoms with Crippen LogP contribution in [0.1, 0.15) is 36.2 Å². The molecule has 0 radical (unpaired) electrons. The van der Waals surface area contributed by atoms with E-state index in [1.165, 1.54) is 12.1 Å². The third-order valence-electron chi connectivity index (χ3n) is 3.68. The Balaban J connectivity index is 1.63. The Morgan fingerprint density at radius 3 is 2.64 bits per heavy atom. The van der Waals surface area contributed by atoms with Gasteiger partial charge in [-0.15, -0.1) is 10.2 Å². The van der Waals surface area contributed by atoms with Gasteiger partial charge in [0.2, 0.25) is 0 Å². The van der Waals surface area contributed by atoms with E-state index in [0.717, 1.165) is 25.7 Å². The van der Waals surface area contributed by atoms with Crippen LogP contribution in [0, 0.1) is 5.82 Å². The second-order valence-corrected chi connectivity index (χ2v) is 5.39. The van der Waals surface area contributed by atoms with Crippen LogP contribution < -0.4 is 10.6 Å². The maximum atomic E-state index is 13.1. The largest absolute Gasteiger partial charge is 0.348 e. The van der Waals surface area contributed by atoms with Crippen LogP contribution in [0.15, 0.2) is 36.4 Å². The summed E-state index contributed by atoms with van der Waals surface area (Å²) in [4.78, 5) is 12.0. The SMILES string of the molecule is O=C(NC1CCCC1)c1ccc(Nc2cccc(F)c2)nn1. The monoisotopic (exact) mass is 300 g/mol. The first-order valence-corrected chi connectivity index (χ1v) is 7.38. The van der Waals surface area contributed by atoms with Gasteiger partial charge in [-0.05, 0) is 43.2 Å². The van der Waals surface area contributed by atoms with Gasteiger partial charge in [-0.25, -0.2) is 4.39 Å². The van der Waals surface area contributed by atoms with E-state index in [-0.39, 0.29) is 23.5 Å². The lowest BCUT2D eigenvalue weighted by atomic mass is 10.2. The summed E-state index contributed by atoms with van der Waals surface area (Å²) in [6.07, 6.45) is 4.37. The molecule has 0 unspecified atom stereocenters. The van der Waals surface area contributed by atoms with Crippen molar-refractivity contribution in [2.24, 2.45) is 0 Å². The molecule has 1 aromatic heterocycles. The number of carbonyl (C=O) groups is 1. The van der Waals surface area contributed by atoms with Gasteiger partial charge in [0.25, 0.3) is 5.91 Å². The molecule has 114 valence electrons. The first-order valence-electron chi connectivity index (χ1n) is 7.38. The van der Waals surface area contributed by atoms with Gasteiger partial charge in [0.15, 0.2) is 11.5 Å². The van der Waals surface area contributed by atoms with Gasteiger partial charge >= 0.3 is 0 Å². The average molecular weight is 300 g/mol. The lowest BCUT2D eigenvalue weighted by molar-refractivity contribution is 0.0932. The van der Waals surface area contributed by atoms with E-state index in [1.54, 1.807) is 24.3 Å². The lowest BCUT2D eigenvalue weighted by Crippen LogP contribution is -2.33. The normalized spacial score (nSPS) is 14.8. The van der Waals surface area contributed by atoms with Crippen LogP contribution in [-0.4, -0.2) is 22.1 Å². The molecule has 1 heterocycles. The Morgan fingerprint density at radius 2 is 1.95 bits per heavy atom. The molecule has 0 aliphatic heterocycles. The predicted molar refractivity (Wildman–Crippen MR) is 81.4 cm³/mol. The van der Waals surface area contributed by atoms with Crippen molar-refractivity contribution in [3.05, 3.63) is 47.9 Å². The maximum absolute atomic E-state index is 13.1. The van der Waals surface area contributed by atoms with Crippen LogP contribution in [0.3, 0.4) is 0 Å². The van der Waals surface area contributed by atoms with Gasteiger partial charge in [-0.1, -0.05) is 18.9 Å². The van der Waals surface area contributed by atoms with E-state index >= 15 is 0 Å². The molecule has 5 nitrogen and oxygen atoms in total.